The van der Waals surface area contributed by atoms with Gasteiger partial charge in [0.15, 0.2) is 6.29 Å². The maximum absolute atomic E-state index is 12.0. The molecule has 0 spiro atoms. The van der Waals surface area contributed by atoms with Crippen LogP contribution in [0.2, 0.25) is 0 Å². The molecular weight excluding hydrogens is 444 g/mol. The average Bonchev–Trinajstić information content (AvgIpc) is 3.24. The second kappa shape index (κ2) is 13.1. The van der Waals surface area contributed by atoms with E-state index in [1.165, 1.54) is 6.07 Å². The van der Waals surface area contributed by atoms with E-state index >= 15 is 0 Å². The van der Waals surface area contributed by atoms with Gasteiger partial charge >= 0.3 is 5.97 Å². The van der Waals surface area contributed by atoms with Gasteiger partial charge < -0.3 is 14.4 Å². The van der Waals surface area contributed by atoms with E-state index < -0.39 is 28.6 Å². The molecule has 1 amide bonds. The van der Waals surface area contributed by atoms with E-state index in [-0.39, 0.29) is 23.8 Å². The van der Waals surface area contributed by atoms with E-state index in [0.717, 1.165) is 17.9 Å². The molecule has 0 aromatic carbocycles. The number of amides is 1. The van der Waals surface area contributed by atoms with Crippen molar-refractivity contribution in [1.29, 1.82) is 0 Å². The molecule has 1 aliphatic heterocycles. The molecule has 2 rings (SSSR count). The Bertz CT molecular complexity index is 860. The van der Waals surface area contributed by atoms with Gasteiger partial charge in [-0.3, -0.25) is 30.1 Å². The Kier molecular flexibility index (Phi) is 10.5. The topological polar surface area (TPSA) is 175 Å². The highest BCUT2D eigenvalue weighted by Crippen LogP contribution is 2.20. The molecule has 14 heteroatoms. The van der Waals surface area contributed by atoms with Crippen molar-refractivity contribution in [3.8, 4) is 5.88 Å². The van der Waals surface area contributed by atoms with Gasteiger partial charge in [0, 0.05) is 19.3 Å². The van der Waals surface area contributed by atoms with Gasteiger partial charge in [0.2, 0.25) is 22.3 Å². The molecular formula is C18H30N6O7S. The van der Waals surface area contributed by atoms with E-state index in [2.05, 4.69) is 25.5 Å². The van der Waals surface area contributed by atoms with Crippen LogP contribution in [0, 0.1) is 0 Å². The van der Waals surface area contributed by atoms with Crippen LogP contribution < -0.4 is 25.0 Å². The van der Waals surface area contributed by atoms with Gasteiger partial charge in [-0.05, 0) is 24.4 Å². The molecule has 1 aromatic heterocycles. The summed E-state index contributed by atoms with van der Waals surface area (Å²) in [6.07, 6.45) is 4.70. The highest BCUT2D eigenvalue weighted by Gasteiger charge is 2.27. The van der Waals surface area contributed by atoms with Gasteiger partial charge in [0.25, 0.3) is 5.88 Å². The number of rotatable bonds is 16. The maximum atomic E-state index is 12.0. The normalized spacial score (nSPS) is 17.1. The van der Waals surface area contributed by atoms with E-state index in [9.17, 15) is 23.1 Å². The number of unbranched alkanes of at least 4 members (excludes halogenated alkanes) is 1. The molecule has 180 valence electrons. The second-order valence-electron chi connectivity index (χ2n) is 7.08. The van der Waals surface area contributed by atoms with Gasteiger partial charge in [0.1, 0.15) is 6.04 Å². The SMILES string of the molecule is CCCCS(=O)(=O)NC(CN(C=O)c1cc(OCCCNC2N=CCCN2)no1)C(=O)O. The fourth-order valence-corrected chi connectivity index (χ4v) is 4.14. The van der Waals surface area contributed by atoms with Crippen LogP contribution >= 0.6 is 0 Å². The average molecular weight is 475 g/mol. The van der Waals surface area contributed by atoms with Gasteiger partial charge in [-0.25, -0.2) is 8.42 Å². The third-order valence-corrected chi connectivity index (χ3v) is 5.90. The molecule has 0 saturated heterocycles. The first kappa shape index (κ1) is 25.7. The Morgan fingerprint density at radius 3 is 2.97 bits per heavy atom. The fourth-order valence-electron chi connectivity index (χ4n) is 2.74. The zero-order chi connectivity index (χ0) is 23.4. The first-order valence-electron chi connectivity index (χ1n) is 10.4. The molecule has 1 aliphatic rings. The number of carboxylic acids is 1. The highest BCUT2D eigenvalue weighted by atomic mass is 32.2. The van der Waals surface area contributed by atoms with Crippen molar-refractivity contribution in [3.63, 3.8) is 0 Å². The lowest BCUT2D eigenvalue weighted by Crippen LogP contribution is -2.48. The third kappa shape index (κ3) is 8.90. The van der Waals surface area contributed by atoms with Crippen molar-refractivity contribution in [3.05, 3.63) is 6.07 Å². The summed E-state index contributed by atoms with van der Waals surface area (Å²) >= 11 is 0. The number of nitrogens with one attached hydrogen (secondary N) is 3. The third-order valence-electron chi connectivity index (χ3n) is 4.43. The molecule has 0 aliphatic carbocycles. The Morgan fingerprint density at radius 2 is 2.31 bits per heavy atom. The Balaban J connectivity index is 1.83. The van der Waals surface area contributed by atoms with E-state index in [0.29, 0.717) is 38.8 Å². The highest BCUT2D eigenvalue weighted by molar-refractivity contribution is 7.89. The number of aliphatic carboxylic acids is 1. The van der Waals surface area contributed by atoms with Crippen LogP contribution in [0.1, 0.15) is 32.6 Å². The summed E-state index contributed by atoms with van der Waals surface area (Å²) in [5, 5.41) is 19.5. The van der Waals surface area contributed by atoms with Crippen LogP contribution in [0.4, 0.5) is 5.88 Å². The number of nitrogens with zero attached hydrogens (tertiary/aromatic N) is 3. The Hall–Kier alpha value is -2.55. The summed E-state index contributed by atoms with van der Waals surface area (Å²) < 4.78 is 36.7. The second-order valence-corrected chi connectivity index (χ2v) is 8.95. The molecule has 32 heavy (non-hydrogen) atoms. The number of ether oxygens (including phenoxy) is 1. The molecule has 2 atom stereocenters. The number of hydrogen-bond donors (Lipinski definition) is 4. The largest absolute Gasteiger partial charge is 0.480 e. The Morgan fingerprint density at radius 1 is 1.50 bits per heavy atom. The quantitative estimate of drug-likeness (QED) is 0.181. The fraction of sp³-hybridized carbons (Fsp3) is 0.667. The van der Waals surface area contributed by atoms with Crippen molar-refractivity contribution in [2.75, 3.05) is 36.9 Å². The molecule has 0 fully saturated rings. The van der Waals surface area contributed by atoms with Gasteiger partial charge in [-0.1, -0.05) is 13.3 Å². The van der Waals surface area contributed by atoms with Crippen LogP contribution in [-0.2, 0) is 19.6 Å². The number of carboxylic acid groups (broad SMARTS) is 1. The van der Waals surface area contributed by atoms with Gasteiger partial charge in [-0.15, -0.1) is 0 Å². The lowest BCUT2D eigenvalue weighted by Gasteiger charge is -2.20. The molecule has 4 N–H and O–H groups in total. The Labute approximate surface area is 186 Å². The number of aliphatic imine (C=N–C) groups is 1. The van der Waals surface area contributed by atoms with Crippen LogP contribution in [0.3, 0.4) is 0 Å². The molecule has 2 unspecified atom stereocenters. The van der Waals surface area contributed by atoms with Crippen LogP contribution in [-0.4, -0.2) is 81.6 Å². The number of carbonyl (C=O) groups excluding carboxylic acids is 1. The summed E-state index contributed by atoms with van der Waals surface area (Å²) in [5.74, 6) is -1.56. The first-order chi connectivity index (χ1) is 15.3. The van der Waals surface area contributed by atoms with Crippen molar-refractivity contribution < 1.29 is 32.4 Å². The lowest BCUT2D eigenvalue weighted by molar-refractivity contribution is -0.138. The minimum absolute atomic E-state index is 0.0622. The summed E-state index contributed by atoms with van der Waals surface area (Å²) in [7, 11) is -3.81. The minimum Gasteiger partial charge on any atom is -0.480 e. The van der Waals surface area contributed by atoms with E-state index in [4.69, 9.17) is 9.26 Å². The molecule has 0 radical (unpaired) electrons. The monoisotopic (exact) mass is 474 g/mol. The maximum Gasteiger partial charge on any atom is 0.323 e. The number of carbonyl (C=O) groups is 2. The van der Waals surface area contributed by atoms with Crippen LogP contribution in [0.5, 0.6) is 5.88 Å². The summed E-state index contributed by atoms with van der Waals surface area (Å²) in [6.45, 7) is 3.19. The van der Waals surface area contributed by atoms with Crippen molar-refractivity contribution in [2.45, 2.75) is 44.9 Å². The van der Waals surface area contributed by atoms with Crippen molar-refractivity contribution in [2.24, 2.45) is 4.99 Å². The number of sulfonamides is 1. The zero-order valence-electron chi connectivity index (χ0n) is 17.9. The summed E-state index contributed by atoms with van der Waals surface area (Å²) in [6, 6.07) is -0.210. The van der Waals surface area contributed by atoms with Crippen LogP contribution in [0.15, 0.2) is 15.6 Å². The number of hydrogen-bond acceptors (Lipinski definition) is 10. The van der Waals surface area contributed by atoms with E-state index in [1.54, 1.807) is 0 Å². The van der Waals surface area contributed by atoms with Gasteiger partial charge in [-0.2, -0.15) is 4.72 Å². The molecule has 2 heterocycles. The van der Waals surface area contributed by atoms with E-state index in [1.807, 2.05) is 13.1 Å². The summed E-state index contributed by atoms with van der Waals surface area (Å²) in [4.78, 5) is 28.1. The molecule has 13 nitrogen and oxygen atoms in total. The number of anilines is 1. The zero-order valence-corrected chi connectivity index (χ0v) is 18.7. The molecule has 0 bridgehead atoms. The van der Waals surface area contributed by atoms with Crippen LogP contribution in [0.25, 0.3) is 0 Å². The number of aromatic nitrogens is 1. The van der Waals surface area contributed by atoms with Crippen molar-refractivity contribution >= 4 is 34.5 Å². The predicted molar refractivity (Wildman–Crippen MR) is 116 cm³/mol. The molecule has 1 aromatic rings. The van der Waals surface area contributed by atoms with Gasteiger partial charge in [0.05, 0.1) is 25.0 Å². The minimum atomic E-state index is -3.81. The standard InChI is InChI=1S/C18H30N6O7S/c1-2-3-10-32(28,29)23-14(17(26)27)12-24(13-25)16-11-15(22-31-16)30-9-5-8-21-18-19-6-4-7-20-18/h6,11,13-14,18,20-21,23H,2-5,7-10,12H2,1H3,(H,26,27). The smallest absolute Gasteiger partial charge is 0.323 e. The lowest BCUT2D eigenvalue weighted by atomic mass is 10.3. The predicted octanol–water partition coefficient (Wildman–Crippen LogP) is -0.484. The molecule has 0 saturated carbocycles. The first-order valence-corrected chi connectivity index (χ1v) is 12.0. The summed E-state index contributed by atoms with van der Waals surface area (Å²) in [5.41, 5.74) is 0. The van der Waals surface area contributed by atoms with Crippen molar-refractivity contribution in [1.82, 2.24) is 20.5 Å².